The van der Waals surface area contributed by atoms with Crippen LogP contribution in [0.1, 0.15) is 43.2 Å². The maximum Gasteiger partial charge on any atom is 0.336 e. The highest BCUT2D eigenvalue weighted by Crippen LogP contribution is 2.55. The summed E-state index contributed by atoms with van der Waals surface area (Å²) >= 11 is 0. The van der Waals surface area contributed by atoms with Gasteiger partial charge in [0.05, 0.1) is 0 Å². The van der Waals surface area contributed by atoms with Gasteiger partial charge in [-0.05, 0) is 42.7 Å². The molecular weight excluding hydrogens is 286 g/mol. The summed E-state index contributed by atoms with van der Waals surface area (Å²) in [4.78, 5) is 0. The third-order valence-corrected chi connectivity index (χ3v) is 7.04. The lowest BCUT2D eigenvalue weighted by Gasteiger charge is -2.57. The molecule has 3 atom stereocenters. The largest absolute Gasteiger partial charge is 0.336 e. The zero-order valence-corrected chi connectivity index (χ0v) is 12.8. The molecule has 2 fully saturated rings. The number of nitrogens with zero attached hydrogens (tertiary/aromatic N) is 1. The zero-order valence-electron chi connectivity index (χ0n) is 12.0. The predicted octanol–water partition coefficient (Wildman–Crippen LogP) is 2.55. The molecule has 1 aromatic carbocycles. The van der Waals surface area contributed by atoms with E-state index in [1.54, 1.807) is 0 Å². The number of hydrogen-bond donors (Lipinski definition) is 1. The van der Waals surface area contributed by atoms with Gasteiger partial charge in [0.15, 0.2) is 0 Å². The Morgan fingerprint density at radius 2 is 2.00 bits per heavy atom. The van der Waals surface area contributed by atoms with Gasteiger partial charge in [0, 0.05) is 18.0 Å². The van der Waals surface area contributed by atoms with Crippen molar-refractivity contribution >= 4 is 10.3 Å². The molecule has 0 aromatic heterocycles. The molecule has 0 spiro atoms. The highest BCUT2D eigenvalue weighted by atomic mass is 32.2. The molecule has 114 valence electrons. The van der Waals surface area contributed by atoms with Crippen LogP contribution in [0.2, 0.25) is 0 Å². The van der Waals surface area contributed by atoms with Gasteiger partial charge >= 0.3 is 10.3 Å². The lowest BCUT2D eigenvalue weighted by atomic mass is 9.53. The summed E-state index contributed by atoms with van der Waals surface area (Å²) in [5, 5.41) is 0. The van der Waals surface area contributed by atoms with Crippen LogP contribution in [0.15, 0.2) is 24.3 Å². The van der Waals surface area contributed by atoms with Gasteiger partial charge in [0.2, 0.25) is 0 Å². The molecule has 1 saturated heterocycles. The normalized spacial score (nSPS) is 35.9. The lowest BCUT2D eigenvalue weighted by molar-refractivity contribution is 0.0275. The van der Waals surface area contributed by atoms with Crippen LogP contribution in [0.25, 0.3) is 0 Å². The smallest absolute Gasteiger partial charge is 0.273 e. The van der Waals surface area contributed by atoms with Gasteiger partial charge in [0.25, 0.3) is 0 Å². The lowest BCUT2D eigenvalue weighted by Crippen LogP contribution is -2.61. The van der Waals surface area contributed by atoms with Gasteiger partial charge < -0.3 is 0 Å². The Morgan fingerprint density at radius 3 is 2.81 bits per heavy atom. The summed E-state index contributed by atoms with van der Waals surface area (Å²) in [6.45, 7) is 0.453. The van der Waals surface area contributed by atoms with Gasteiger partial charge in [0.1, 0.15) is 0 Å². The minimum absolute atomic E-state index is 0.0658. The Labute approximate surface area is 126 Å². The Balaban J connectivity index is 1.88. The molecule has 0 unspecified atom stereocenters. The SMILES string of the molecule is O=S(=O)(O)N1CC[C@]23CCCC[C@H]2[C@H]1Cc1ccccc13. The van der Waals surface area contributed by atoms with E-state index in [9.17, 15) is 13.0 Å². The Bertz CT molecular complexity index is 672. The van der Waals surface area contributed by atoms with E-state index in [2.05, 4.69) is 18.2 Å². The Morgan fingerprint density at radius 1 is 1.19 bits per heavy atom. The standard InChI is InChI=1S/C16H21NO3S/c18-21(19,20)17-10-9-16-8-4-3-7-14(16)15(17)11-12-5-1-2-6-13(12)16/h1-2,5-6,14-15H,3-4,7-11H2,(H,18,19,20)/t14-,15+,16-/m0/s1. The van der Waals surface area contributed by atoms with Crippen LogP contribution in [0, 0.1) is 5.92 Å². The molecule has 1 aromatic rings. The number of benzene rings is 1. The van der Waals surface area contributed by atoms with Crippen molar-refractivity contribution in [2.45, 2.75) is 50.0 Å². The Hall–Kier alpha value is -0.910. The van der Waals surface area contributed by atoms with E-state index in [1.807, 2.05) is 6.07 Å². The second-order valence-corrected chi connectivity index (χ2v) is 8.14. The van der Waals surface area contributed by atoms with E-state index < -0.39 is 10.3 Å². The van der Waals surface area contributed by atoms with E-state index in [-0.39, 0.29) is 11.5 Å². The first-order valence-corrected chi connectivity index (χ1v) is 9.25. The number of piperidine rings is 1. The van der Waals surface area contributed by atoms with Crippen molar-refractivity contribution in [1.29, 1.82) is 0 Å². The first-order chi connectivity index (χ1) is 10.0. The highest BCUT2D eigenvalue weighted by molar-refractivity contribution is 7.83. The topological polar surface area (TPSA) is 57.6 Å². The molecule has 1 saturated carbocycles. The maximum atomic E-state index is 11.8. The van der Waals surface area contributed by atoms with Crippen molar-refractivity contribution in [2.75, 3.05) is 6.54 Å². The van der Waals surface area contributed by atoms with Gasteiger partial charge in [-0.3, -0.25) is 4.55 Å². The molecule has 0 amide bonds. The van der Waals surface area contributed by atoms with E-state index in [4.69, 9.17) is 0 Å². The van der Waals surface area contributed by atoms with Crippen LogP contribution in [0.3, 0.4) is 0 Å². The van der Waals surface area contributed by atoms with E-state index >= 15 is 0 Å². The second kappa shape index (κ2) is 4.54. The van der Waals surface area contributed by atoms with E-state index in [1.165, 1.54) is 28.3 Å². The molecule has 5 heteroatoms. The second-order valence-electron chi connectivity index (χ2n) is 6.78. The molecule has 4 rings (SSSR count). The summed E-state index contributed by atoms with van der Waals surface area (Å²) in [7, 11) is -4.10. The zero-order chi connectivity index (χ0) is 14.7. The molecule has 0 radical (unpaired) electrons. The van der Waals surface area contributed by atoms with Crippen LogP contribution in [0.4, 0.5) is 0 Å². The number of fused-ring (bicyclic) bond motifs is 1. The van der Waals surface area contributed by atoms with Crippen LogP contribution < -0.4 is 0 Å². The molecule has 3 aliphatic rings. The van der Waals surface area contributed by atoms with Crippen molar-refractivity contribution in [3.8, 4) is 0 Å². The fraction of sp³-hybridized carbons (Fsp3) is 0.625. The summed E-state index contributed by atoms with van der Waals surface area (Å²) in [5.74, 6) is 0.358. The monoisotopic (exact) mass is 307 g/mol. The fourth-order valence-electron chi connectivity index (χ4n) is 5.22. The average molecular weight is 307 g/mol. The summed E-state index contributed by atoms with van der Waals surface area (Å²) in [6.07, 6.45) is 6.21. The third kappa shape index (κ3) is 1.91. The van der Waals surface area contributed by atoms with Crippen molar-refractivity contribution in [1.82, 2.24) is 4.31 Å². The molecule has 2 aliphatic carbocycles. The number of hydrogen-bond acceptors (Lipinski definition) is 2. The minimum Gasteiger partial charge on any atom is -0.273 e. The first kappa shape index (κ1) is 13.7. The van der Waals surface area contributed by atoms with Crippen molar-refractivity contribution < 1.29 is 13.0 Å². The quantitative estimate of drug-likeness (QED) is 0.811. The van der Waals surface area contributed by atoms with Crippen molar-refractivity contribution in [2.24, 2.45) is 5.92 Å². The average Bonchev–Trinajstić information content (AvgIpc) is 2.46. The molecule has 1 heterocycles. The van der Waals surface area contributed by atoms with Gasteiger partial charge in [-0.2, -0.15) is 12.7 Å². The fourth-order valence-corrected chi connectivity index (χ4v) is 6.11. The van der Waals surface area contributed by atoms with Crippen LogP contribution in [-0.2, 0) is 22.1 Å². The van der Waals surface area contributed by atoms with E-state index in [0.717, 1.165) is 25.7 Å². The van der Waals surface area contributed by atoms with E-state index in [0.29, 0.717) is 12.5 Å². The van der Waals surface area contributed by atoms with Crippen LogP contribution in [-0.4, -0.2) is 29.9 Å². The third-order valence-electron chi connectivity index (χ3n) is 5.99. The van der Waals surface area contributed by atoms with Gasteiger partial charge in [-0.15, -0.1) is 0 Å². The van der Waals surface area contributed by atoms with Crippen LogP contribution >= 0.6 is 0 Å². The molecule has 4 nitrogen and oxygen atoms in total. The summed E-state index contributed by atoms with van der Waals surface area (Å²) in [6, 6.07) is 8.44. The summed E-state index contributed by atoms with van der Waals surface area (Å²) in [5.41, 5.74) is 2.86. The van der Waals surface area contributed by atoms with Crippen molar-refractivity contribution in [3.63, 3.8) is 0 Å². The minimum atomic E-state index is -4.10. The molecular formula is C16H21NO3S. The summed E-state index contributed by atoms with van der Waals surface area (Å²) < 4.78 is 34.5. The molecule has 1 aliphatic heterocycles. The molecule has 1 N–H and O–H groups in total. The van der Waals surface area contributed by atoms with Crippen LogP contribution in [0.5, 0.6) is 0 Å². The predicted molar refractivity (Wildman–Crippen MR) is 80.4 cm³/mol. The highest BCUT2D eigenvalue weighted by Gasteiger charge is 2.55. The molecule has 21 heavy (non-hydrogen) atoms. The van der Waals surface area contributed by atoms with Crippen molar-refractivity contribution in [3.05, 3.63) is 35.4 Å². The maximum absolute atomic E-state index is 11.8. The van der Waals surface area contributed by atoms with Gasteiger partial charge in [-0.1, -0.05) is 37.1 Å². The molecule has 2 bridgehead atoms. The Kier molecular flexibility index (Phi) is 2.97. The number of rotatable bonds is 1. The first-order valence-electron chi connectivity index (χ1n) is 7.85. The van der Waals surface area contributed by atoms with Gasteiger partial charge in [-0.25, -0.2) is 0 Å².